The molecule has 6 nitrogen and oxygen atoms in total. The molecule has 0 spiro atoms. The van der Waals surface area contributed by atoms with Gasteiger partial charge in [-0.25, -0.2) is 4.79 Å². The number of benzene rings is 2. The minimum absolute atomic E-state index is 0.0569. The molecule has 0 saturated heterocycles. The second-order valence-corrected chi connectivity index (χ2v) is 5.72. The van der Waals surface area contributed by atoms with Crippen LogP contribution in [0.5, 0.6) is 5.75 Å². The number of carbonyl (C=O) groups excluding carboxylic acids is 2. The lowest BCUT2D eigenvalue weighted by Crippen LogP contribution is -2.26. The molecule has 130 valence electrons. The molecule has 25 heavy (non-hydrogen) atoms. The summed E-state index contributed by atoms with van der Waals surface area (Å²) < 4.78 is 10.7. The topological polar surface area (TPSA) is 76.7 Å². The number of ether oxygens (including phenoxy) is 2. The summed E-state index contributed by atoms with van der Waals surface area (Å²) in [7, 11) is 0. The molecule has 2 amide bonds. The van der Waals surface area contributed by atoms with Gasteiger partial charge in [-0.15, -0.1) is 0 Å². The van der Waals surface area contributed by atoms with Crippen molar-refractivity contribution in [1.82, 2.24) is 5.32 Å². The van der Waals surface area contributed by atoms with E-state index in [0.29, 0.717) is 37.4 Å². The molecule has 1 aliphatic rings. The van der Waals surface area contributed by atoms with E-state index < -0.39 is 6.09 Å². The van der Waals surface area contributed by atoms with E-state index in [9.17, 15) is 9.59 Å². The van der Waals surface area contributed by atoms with Gasteiger partial charge in [-0.05, 0) is 29.7 Å². The second kappa shape index (κ2) is 8.19. The molecule has 0 aromatic heterocycles. The van der Waals surface area contributed by atoms with Crippen molar-refractivity contribution in [3.63, 3.8) is 0 Å². The fourth-order valence-corrected chi connectivity index (χ4v) is 2.51. The van der Waals surface area contributed by atoms with Crippen molar-refractivity contribution in [3.05, 3.63) is 59.7 Å². The van der Waals surface area contributed by atoms with Gasteiger partial charge >= 0.3 is 6.09 Å². The number of anilines is 1. The molecule has 0 radical (unpaired) electrons. The van der Waals surface area contributed by atoms with Crippen LogP contribution in [0.15, 0.2) is 48.5 Å². The highest BCUT2D eigenvalue weighted by Crippen LogP contribution is 2.28. The molecule has 0 unspecified atom stereocenters. The highest BCUT2D eigenvalue weighted by atomic mass is 16.5. The average Bonchev–Trinajstić information content (AvgIpc) is 2.81. The van der Waals surface area contributed by atoms with Crippen molar-refractivity contribution < 1.29 is 19.1 Å². The van der Waals surface area contributed by atoms with Crippen LogP contribution in [0, 0.1) is 0 Å². The predicted molar refractivity (Wildman–Crippen MR) is 93.5 cm³/mol. The van der Waals surface area contributed by atoms with E-state index in [2.05, 4.69) is 10.6 Å². The molecular formula is C19H20N2O4. The molecular weight excluding hydrogens is 320 g/mol. The standard InChI is InChI=1S/C19H20N2O4/c22-18-9-11-24-17-7-6-14(12-16(17)21-18)8-10-20-19(23)25-13-15-4-2-1-3-5-15/h1-7,12H,8-11,13H2,(H,20,23)(H,21,22). The number of amides is 2. The molecule has 0 atom stereocenters. The van der Waals surface area contributed by atoms with Crippen LogP contribution in [0.3, 0.4) is 0 Å². The van der Waals surface area contributed by atoms with Gasteiger partial charge in [-0.1, -0.05) is 36.4 Å². The van der Waals surface area contributed by atoms with Crippen molar-refractivity contribution in [2.45, 2.75) is 19.4 Å². The first-order valence-electron chi connectivity index (χ1n) is 8.21. The quantitative estimate of drug-likeness (QED) is 0.877. The van der Waals surface area contributed by atoms with Crippen LogP contribution < -0.4 is 15.4 Å². The monoisotopic (exact) mass is 340 g/mol. The van der Waals surface area contributed by atoms with E-state index in [1.807, 2.05) is 48.5 Å². The first-order chi connectivity index (χ1) is 12.2. The molecule has 1 heterocycles. The van der Waals surface area contributed by atoms with E-state index >= 15 is 0 Å². The Morgan fingerprint density at radius 2 is 2.00 bits per heavy atom. The van der Waals surface area contributed by atoms with Crippen molar-refractivity contribution in [2.24, 2.45) is 0 Å². The van der Waals surface area contributed by atoms with Crippen molar-refractivity contribution in [3.8, 4) is 5.75 Å². The number of hydrogen-bond donors (Lipinski definition) is 2. The molecule has 6 heteroatoms. The summed E-state index contributed by atoms with van der Waals surface area (Å²) in [4.78, 5) is 23.3. The molecule has 2 N–H and O–H groups in total. The van der Waals surface area contributed by atoms with Crippen LogP contribution in [-0.2, 0) is 22.6 Å². The minimum atomic E-state index is -0.449. The Labute approximate surface area is 146 Å². The second-order valence-electron chi connectivity index (χ2n) is 5.72. The zero-order valence-corrected chi connectivity index (χ0v) is 13.8. The smallest absolute Gasteiger partial charge is 0.407 e. The molecule has 0 saturated carbocycles. The number of alkyl carbamates (subject to hydrolysis) is 1. The number of fused-ring (bicyclic) bond motifs is 1. The Balaban J connectivity index is 1.45. The lowest BCUT2D eigenvalue weighted by molar-refractivity contribution is -0.116. The highest BCUT2D eigenvalue weighted by Gasteiger charge is 2.14. The van der Waals surface area contributed by atoms with Gasteiger partial charge in [0.15, 0.2) is 0 Å². The largest absolute Gasteiger partial charge is 0.491 e. The van der Waals surface area contributed by atoms with Crippen molar-refractivity contribution in [1.29, 1.82) is 0 Å². The minimum Gasteiger partial charge on any atom is -0.491 e. The highest BCUT2D eigenvalue weighted by molar-refractivity contribution is 5.93. The maximum Gasteiger partial charge on any atom is 0.407 e. The van der Waals surface area contributed by atoms with Crippen LogP contribution in [0.25, 0.3) is 0 Å². The Hall–Kier alpha value is -3.02. The molecule has 3 rings (SSSR count). The van der Waals surface area contributed by atoms with E-state index in [4.69, 9.17) is 9.47 Å². The lowest BCUT2D eigenvalue weighted by Gasteiger charge is -2.10. The number of hydrogen-bond acceptors (Lipinski definition) is 4. The summed E-state index contributed by atoms with van der Waals surface area (Å²) in [6, 6.07) is 15.2. The predicted octanol–water partition coefficient (Wildman–Crippen LogP) is 2.88. The third-order valence-electron chi connectivity index (χ3n) is 3.80. The van der Waals surface area contributed by atoms with Gasteiger partial charge in [0.25, 0.3) is 0 Å². The third kappa shape index (κ3) is 4.97. The molecule has 2 aromatic carbocycles. The SMILES string of the molecule is O=C1CCOc2ccc(CCNC(=O)OCc3ccccc3)cc2N1. The van der Waals surface area contributed by atoms with E-state index in [-0.39, 0.29) is 12.5 Å². The third-order valence-corrected chi connectivity index (χ3v) is 3.80. The maximum absolute atomic E-state index is 11.7. The van der Waals surface area contributed by atoms with Gasteiger partial charge in [0, 0.05) is 6.54 Å². The molecule has 2 aromatic rings. The van der Waals surface area contributed by atoms with Gasteiger partial charge in [-0.3, -0.25) is 4.79 Å². The molecule has 1 aliphatic heterocycles. The average molecular weight is 340 g/mol. The zero-order valence-electron chi connectivity index (χ0n) is 13.8. The summed E-state index contributed by atoms with van der Waals surface area (Å²) in [5.41, 5.74) is 2.61. The lowest BCUT2D eigenvalue weighted by atomic mass is 10.1. The summed E-state index contributed by atoms with van der Waals surface area (Å²) in [6.07, 6.45) is 0.526. The van der Waals surface area contributed by atoms with Gasteiger partial charge in [-0.2, -0.15) is 0 Å². The van der Waals surface area contributed by atoms with Gasteiger partial charge in [0.2, 0.25) is 5.91 Å². The summed E-state index contributed by atoms with van der Waals surface area (Å²) in [5, 5.41) is 5.55. The Kier molecular flexibility index (Phi) is 5.51. The number of nitrogens with one attached hydrogen (secondary N) is 2. The summed E-state index contributed by atoms with van der Waals surface area (Å²) >= 11 is 0. The first-order valence-corrected chi connectivity index (χ1v) is 8.21. The van der Waals surface area contributed by atoms with Crippen LogP contribution in [0.2, 0.25) is 0 Å². The van der Waals surface area contributed by atoms with Gasteiger partial charge < -0.3 is 20.1 Å². The fourth-order valence-electron chi connectivity index (χ4n) is 2.51. The molecule has 0 bridgehead atoms. The van der Waals surface area contributed by atoms with Crippen LogP contribution in [-0.4, -0.2) is 25.2 Å². The van der Waals surface area contributed by atoms with Crippen LogP contribution in [0.4, 0.5) is 10.5 Å². The van der Waals surface area contributed by atoms with E-state index in [1.54, 1.807) is 0 Å². The number of carbonyl (C=O) groups is 2. The summed E-state index contributed by atoms with van der Waals surface area (Å²) in [6.45, 7) is 1.07. The number of rotatable bonds is 5. The van der Waals surface area contributed by atoms with Gasteiger partial charge in [0.05, 0.1) is 18.7 Å². The molecule has 0 aliphatic carbocycles. The van der Waals surface area contributed by atoms with Crippen LogP contribution >= 0.6 is 0 Å². The summed E-state index contributed by atoms with van der Waals surface area (Å²) in [5.74, 6) is 0.614. The van der Waals surface area contributed by atoms with E-state index in [1.165, 1.54) is 0 Å². The van der Waals surface area contributed by atoms with Crippen LogP contribution in [0.1, 0.15) is 17.5 Å². The van der Waals surface area contributed by atoms with Crippen molar-refractivity contribution in [2.75, 3.05) is 18.5 Å². The normalized spacial score (nSPS) is 13.0. The van der Waals surface area contributed by atoms with Gasteiger partial charge in [0.1, 0.15) is 12.4 Å². The Morgan fingerprint density at radius 1 is 1.16 bits per heavy atom. The van der Waals surface area contributed by atoms with E-state index in [0.717, 1.165) is 11.1 Å². The zero-order chi connectivity index (χ0) is 17.5. The molecule has 0 fully saturated rings. The van der Waals surface area contributed by atoms with Crippen molar-refractivity contribution >= 4 is 17.7 Å². The Morgan fingerprint density at radius 3 is 2.84 bits per heavy atom. The first kappa shape index (κ1) is 16.8. The maximum atomic E-state index is 11.7. The fraction of sp³-hybridized carbons (Fsp3) is 0.263. The Bertz CT molecular complexity index is 746.